The van der Waals surface area contributed by atoms with E-state index in [9.17, 15) is 37.2 Å². The van der Waals surface area contributed by atoms with Gasteiger partial charge in [-0.25, -0.2) is 28.0 Å². The van der Waals surface area contributed by atoms with Crippen molar-refractivity contribution in [1.29, 1.82) is 0 Å². The predicted octanol–water partition coefficient (Wildman–Crippen LogP) is 17.1. The van der Waals surface area contributed by atoms with Crippen LogP contribution in [0.5, 0.6) is 5.75 Å². The van der Waals surface area contributed by atoms with E-state index in [1.54, 1.807) is 69.3 Å². The Kier molecular flexibility index (Phi) is 28.4. The fourth-order valence-electron chi connectivity index (χ4n) is 9.79. The number of esters is 1. The highest BCUT2D eigenvalue weighted by Gasteiger charge is 2.39. The van der Waals surface area contributed by atoms with Gasteiger partial charge in [-0.1, -0.05) is 158 Å². The molecule has 516 valence electrons. The number of amidine groups is 3. The van der Waals surface area contributed by atoms with Crippen molar-refractivity contribution in [2.24, 2.45) is 32.9 Å². The second kappa shape index (κ2) is 35.9. The summed E-state index contributed by atoms with van der Waals surface area (Å²) in [5.74, 6) is -2.43. The second-order valence-corrected chi connectivity index (χ2v) is 28.0. The molecule has 0 aromatic heterocycles. The first-order chi connectivity index (χ1) is 46.1. The van der Waals surface area contributed by atoms with Crippen molar-refractivity contribution in [2.75, 3.05) is 41.1 Å². The van der Waals surface area contributed by atoms with Crippen LogP contribution in [-0.4, -0.2) is 87.7 Å². The Hall–Kier alpha value is -7.47. The number of amides is 5. The van der Waals surface area contributed by atoms with Crippen LogP contribution >= 0.6 is 81.2 Å². The lowest BCUT2D eigenvalue weighted by atomic mass is 10.1. The van der Waals surface area contributed by atoms with Crippen LogP contribution in [-0.2, 0) is 33.7 Å². The molecule has 0 spiro atoms. The third-order valence-corrected chi connectivity index (χ3v) is 18.6. The molecule has 1 fully saturated rings. The van der Waals surface area contributed by atoms with Crippen molar-refractivity contribution in [1.82, 2.24) is 16.1 Å². The minimum Gasteiger partial charge on any atom is -0.490 e. The summed E-state index contributed by atoms with van der Waals surface area (Å²) in [6.07, 6.45) is 12.3. The first kappa shape index (κ1) is 76.9. The number of rotatable bonds is 22. The molecule has 28 heteroatoms. The number of sulfone groups is 1. The molecule has 20 nitrogen and oxygen atoms in total. The maximum atomic E-state index is 13.0. The van der Waals surface area contributed by atoms with Gasteiger partial charge in [0, 0.05) is 26.9 Å². The number of aliphatic imine (C=N–C) groups is 1. The van der Waals surface area contributed by atoms with Crippen molar-refractivity contribution >= 4 is 167 Å². The predicted molar refractivity (Wildman–Crippen MR) is 386 cm³/mol. The number of hydrogen-bond acceptors (Lipinski definition) is 14. The van der Waals surface area contributed by atoms with E-state index in [1.807, 2.05) is 39.0 Å². The molecule has 3 heterocycles. The van der Waals surface area contributed by atoms with Crippen molar-refractivity contribution in [2.45, 2.75) is 118 Å². The quantitative estimate of drug-likeness (QED) is 0.0424. The summed E-state index contributed by atoms with van der Waals surface area (Å²) in [4.78, 5) is 80.3. The molecular weight excluding hydrogens is 1410 g/mol. The zero-order valence-electron chi connectivity index (χ0n) is 54.5. The van der Waals surface area contributed by atoms with Gasteiger partial charge in [0.1, 0.15) is 42.2 Å². The lowest BCUT2D eigenvalue weighted by molar-refractivity contribution is -0.120. The van der Waals surface area contributed by atoms with Crippen molar-refractivity contribution < 1.29 is 51.4 Å². The molecule has 0 saturated carbocycles. The van der Waals surface area contributed by atoms with Crippen LogP contribution in [0.15, 0.2) is 129 Å². The van der Waals surface area contributed by atoms with Gasteiger partial charge in [0.05, 0.1) is 72.0 Å². The summed E-state index contributed by atoms with van der Waals surface area (Å²) in [7, 11) is -3.36. The van der Waals surface area contributed by atoms with Gasteiger partial charge in [0.25, 0.3) is 23.6 Å². The van der Waals surface area contributed by atoms with E-state index >= 15 is 0 Å². The molecule has 3 aliphatic heterocycles. The lowest BCUT2D eigenvalue weighted by Gasteiger charge is -2.17. The Morgan fingerprint density at radius 3 is 1.82 bits per heavy atom. The SMILES string of the molecule is CCCCCCCCCCCCOC(=O)c1cccc(C(=O)NC2=NN(c3c(Cl)cc(Cl)cc3Cl)C(=O)C2C)c1.Cc1cc(OCCOC(=O)NC2=NN(c3ccc(S(C)(=O)=O)cc3)C(=O)C2C)c(C)cc1Cl.Cc1ccc(Cl)c(N=C2NN(c3cc(Cl)ccc3Cl)C(=O)C2C)c1. The van der Waals surface area contributed by atoms with Gasteiger partial charge < -0.3 is 19.5 Å². The number of carbonyl (C=O) groups excluding carboxylic acids is 6. The maximum absolute atomic E-state index is 13.0. The third kappa shape index (κ3) is 21.3. The molecule has 3 aliphatic rings. The van der Waals surface area contributed by atoms with E-state index in [0.717, 1.165) is 52.2 Å². The number of aryl methyl sites for hydroxylation is 3. The summed E-state index contributed by atoms with van der Waals surface area (Å²) in [5, 5.41) is 19.8. The first-order valence-corrected chi connectivity index (χ1v) is 35.7. The maximum Gasteiger partial charge on any atom is 0.412 e. The van der Waals surface area contributed by atoms with Gasteiger partial charge in [0.15, 0.2) is 9.84 Å². The van der Waals surface area contributed by atoms with Gasteiger partial charge in [-0.05, 0) is 162 Å². The Bertz CT molecular complexity index is 4100. The number of carbonyl (C=O) groups is 6. The summed E-state index contributed by atoms with van der Waals surface area (Å²) in [6, 6.07) is 29.0. The topological polar surface area (TPSA) is 247 Å². The molecule has 3 N–H and O–H groups in total. The normalized spacial score (nSPS) is 16.2. The van der Waals surface area contributed by atoms with E-state index in [0.29, 0.717) is 60.4 Å². The Morgan fingerprint density at radius 2 is 1.18 bits per heavy atom. The third-order valence-electron chi connectivity index (χ3n) is 15.4. The number of unbranched alkanes of at least 4 members (excludes halogenated alkanes) is 9. The van der Waals surface area contributed by atoms with Crippen LogP contribution < -0.4 is 35.8 Å². The number of benzene rings is 6. The Labute approximate surface area is 599 Å². The Balaban J connectivity index is 0.000000211. The van der Waals surface area contributed by atoms with Gasteiger partial charge in [-0.2, -0.15) is 20.2 Å². The average Bonchev–Trinajstić information content (AvgIpc) is 1.70. The molecule has 0 bridgehead atoms. The molecule has 3 unspecified atom stereocenters. The molecule has 0 radical (unpaired) electrons. The number of hydrazine groups is 1. The molecular formula is C69H74Cl7N9O11S. The highest BCUT2D eigenvalue weighted by atomic mass is 35.5. The van der Waals surface area contributed by atoms with E-state index in [1.165, 1.54) is 92.4 Å². The van der Waals surface area contributed by atoms with Crippen LogP contribution in [0.3, 0.4) is 0 Å². The molecule has 97 heavy (non-hydrogen) atoms. The molecule has 6 aromatic rings. The van der Waals surface area contributed by atoms with E-state index < -0.39 is 51.5 Å². The van der Waals surface area contributed by atoms with Crippen molar-refractivity contribution in [3.63, 3.8) is 0 Å². The highest BCUT2D eigenvalue weighted by molar-refractivity contribution is 7.90. The van der Waals surface area contributed by atoms with Crippen LogP contribution in [0, 0.1) is 38.5 Å². The van der Waals surface area contributed by atoms with Gasteiger partial charge in [0.2, 0.25) is 0 Å². The standard InChI is InChI=1S/C30H36Cl3N3O4.C22H24ClN3O6S.C17H14Cl3N3O/c1-3-4-5-6-7-8-9-10-11-12-16-40-30(39)22-15-13-14-21(17-22)28(37)34-27-20(2)29(38)36(35-27)26-24(32)18-23(31)19-25(26)33;1-13-12-19(14(2)11-18(13)23)31-9-10-32-22(28)24-20-15(3)21(27)26(25-20)16-5-7-17(8-6-16)33(4,29)30;1-9-3-5-12(19)14(7-9)21-16-10(2)17(24)23(22-16)15-8-11(18)4-6-13(15)20/h13-15,17-20H,3-12,16H2,1-2H3,(H,34,35,37);5-8,11-12,15H,9-10H2,1-4H3,(H,24,25,28);3-8,10H,1-2H3,(H,21,22). The number of anilines is 3. The zero-order valence-corrected chi connectivity index (χ0v) is 60.7. The molecule has 1 saturated heterocycles. The van der Waals surface area contributed by atoms with Gasteiger partial charge in [-0.3, -0.25) is 29.9 Å². The zero-order chi connectivity index (χ0) is 70.8. The fourth-order valence-corrected chi connectivity index (χ4v) is 12.1. The average molecular weight is 1490 g/mol. The van der Waals surface area contributed by atoms with Crippen molar-refractivity contribution in [3.8, 4) is 5.75 Å². The summed E-state index contributed by atoms with van der Waals surface area (Å²) in [5.41, 5.74) is 7.95. The molecule has 5 amide bonds. The van der Waals surface area contributed by atoms with Crippen molar-refractivity contribution in [3.05, 3.63) is 172 Å². The summed E-state index contributed by atoms with van der Waals surface area (Å²) >= 11 is 42.9. The fraction of sp³-hybridized carbons (Fsp3) is 0.348. The monoisotopic (exact) mass is 1480 g/mol. The van der Waals surface area contributed by atoms with Gasteiger partial charge in [-0.15, -0.1) is 0 Å². The highest BCUT2D eigenvalue weighted by Crippen LogP contribution is 2.40. The number of ether oxygens (including phenoxy) is 3. The number of hydrogen-bond donors (Lipinski definition) is 3. The number of halogens is 7. The smallest absolute Gasteiger partial charge is 0.412 e. The second-order valence-electron chi connectivity index (χ2n) is 23.1. The summed E-state index contributed by atoms with van der Waals surface area (Å²) < 4.78 is 39.4. The molecule has 0 aliphatic carbocycles. The minimum atomic E-state index is -3.36. The number of alkyl carbamates (subject to hydrolysis) is 1. The van der Waals surface area contributed by atoms with E-state index in [-0.39, 0.29) is 68.5 Å². The molecule has 9 rings (SSSR count). The number of hydrazone groups is 2. The summed E-state index contributed by atoms with van der Waals surface area (Å²) in [6.45, 7) is 13.4. The molecule has 3 atom stereocenters. The van der Waals surface area contributed by atoms with Crippen LogP contribution in [0.2, 0.25) is 35.2 Å². The first-order valence-electron chi connectivity index (χ1n) is 31.2. The van der Waals surface area contributed by atoms with Gasteiger partial charge >= 0.3 is 12.1 Å². The minimum absolute atomic E-state index is 0.0147. The lowest BCUT2D eigenvalue weighted by Crippen LogP contribution is -2.36. The van der Waals surface area contributed by atoms with Crippen LogP contribution in [0.4, 0.5) is 27.5 Å². The van der Waals surface area contributed by atoms with E-state index in [2.05, 4.69) is 38.2 Å². The van der Waals surface area contributed by atoms with Crippen LogP contribution in [0.1, 0.15) is 129 Å². The van der Waals surface area contributed by atoms with E-state index in [4.69, 9.17) is 95.4 Å². The number of nitrogens with one attached hydrogen (secondary N) is 3. The molecule has 6 aromatic carbocycles. The number of nitrogens with zero attached hydrogens (tertiary/aromatic N) is 6. The van der Waals surface area contributed by atoms with Crippen LogP contribution in [0.25, 0.3) is 0 Å². The Morgan fingerprint density at radius 1 is 0.577 bits per heavy atom. The largest absolute Gasteiger partial charge is 0.490 e.